The molecule has 1 spiro atoms. The van der Waals surface area contributed by atoms with E-state index in [0.29, 0.717) is 24.3 Å². The Hall–Kier alpha value is -3.80. The van der Waals surface area contributed by atoms with Crippen molar-refractivity contribution in [2.45, 2.75) is 29.4 Å². The maximum Gasteiger partial charge on any atom is 0.296 e. The lowest BCUT2D eigenvalue weighted by Gasteiger charge is -2.35. The number of hydrogen-bond donors (Lipinski definition) is 1. The van der Waals surface area contributed by atoms with Gasteiger partial charge in [0.05, 0.1) is 22.3 Å². The number of carbonyl (C=O) groups is 3. The Bertz CT molecular complexity index is 1530. The highest BCUT2D eigenvalue weighted by molar-refractivity contribution is 7.89. The van der Waals surface area contributed by atoms with Crippen LogP contribution in [0.5, 0.6) is 0 Å². The van der Waals surface area contributed by atoms with Gasteiger partial charge in [0.1, 0.15) is 5.76 Å². The predicted molar refractivity (Wildman–Crippen MR) is 143 cm³/mol. The quantitative estimate of drug-likeness (QED) is 0.242. The van der Waals surface area contributed by atoms with Crippen LogP contribution in [0.2, 0.25) is 0 Å². The van der Waals surface area contributed by atoms with Gasteiger partial charge in [-0.1, -0.05) is 36.4 Å². The van der Waals surface area contributed by atoms with Crippen LogP contribution >= 0.6 is 0 Å². The number of ketones is 1. The highest BCUT2D eigenvalue weighted by Crippen LogP contribution is 2.53. The van der Waals surface area contributed by atoms with Crippen molar-refractivity contribution < 1.29 is 32.6 Å². The predicted octanol–water partition coefficient (Wildman–Crippen LogP) is 2.22. The fourth-order valence-electron chi connectivity index (χ4n) is 5.58. The van der Waals surface area contributed by atoms with Gasteiger partial charge in [0.15, 0.2) is 5.54 Å². The average molecular weight is 552 g/mol. The Morgan fingerprint density at radius 3 is 2.59 bits per heavy atom. The largest absolute Gasteiger partial charge is 0.507 e. The summed E-state index contributed by atoms with van der Waals surface area (Å²) in [7, 11) is -1.13. The van der Waals surface area contributed by atoms with Gasteiger partial charge in [-0.3, -0.25) is 14.4 Å². The van der Waals surface area contributed by atoms with E-state index in [4.69, 9.17) is 4.74 Å². The van der Waals surface area contributed by atoms with E-state index in [1.807, 2.05) is 0 Å². The van der Waals surface area contributed by atoms with Gasteiger partial charge < -0.3 is 19.6 Å². The Kier molecular flexibility index (Phi) is 6.69. The molecule has 3 aliphatic rings. The molecule has 39 heavy (non-hydrogen) atoms. The minimum Gasteiger partial charge on any atom is -0.507 e. The zero-order valence-electron chi connectivity index (χ0n) is 21.7. The second-order valence-electron chi connectivity index (χ2n) is 9.85. The third-order valence-corrected chi connectivity index (χ3v) is 9.23. The highest BCUT2D eigenvalue weighted by Gasteiger charge is 2.67. The van der Waals surface area contributed by atoms with E-state index in [0.717, 1.165) is 10.7 Å². The summed E-state index contributed by atoms with van der Waals surface area (Å²) in [4.78, 5) is 44.2. The summed E-state index contributed by atoms with van der Waals surface area (Å²) in [6, 6.07) is 12.2. The molecule has 3 heterocycles. The number of amides is 2. The number of likely N-dealkylation sites (tertiary alicyclic amines) is 1. The number of benzene rings is 2. The molecule has 204 valence electrons. The fraction of sp³-hybridized carbons (Fsp3) is 0.321. The number of nitrogens with zero attached hydrogens (tertiary/aromatic N) is 3. The van der Waals surface area contributed by atoms with Gasteiger partial charge in [-0.05, 0) is 31.0 Å². The van der Waals surface area contributed by atoms with Crippen LogP contribution in [0.3, 0.4) is 0 Å². The maximum atomic E-state index is 14.4. The summed E-state index contributed by atoms with van der Waals surface area (Å²) in [5.74, 6) is -3.19. The topological polar surface area (TPSA) is 125 Å². The molecule has 2 aromatic rings. The Morgan fingerprint density at radius 1 is 1.18 bits per heavy atom. The standard InChI is InChI=1S/C28H29N3O7S/c1-4-14-30-22-13-6-5-12-21(22)28(27(30)35)23(25(33)26(34)31(28)17-19-10-8-15-38-19)24(32)18-9-7-11-20(16-18)39(36,37)29(2)3/h4-7,9,11-13,16,19,32H,1,8,10,14-15,17H2,2-3H3/b24-23+. The van der Waals surface area contributed by atoms with Gasteiger partial charge in [-0.15, -0.1) is 6.58 Å². The number of ether oxygens (including phenoxy) is 1. The monoisotopic (exact) mass is 551 g/mol. The molecule has 2 atom stereocenters. The second kappa shape index (κ2) is 9.74. The molecule has 3 aliphatic heterocycles. The number of anilines is 1. The summed E-state index contributed by atoms with van der Waals surface area (Å²) >= 11 is 0. The van der Waals surface area contributed by atoms with E-state index in [9.17, 15) is 27.9 Å². The molecule has 0 radical (unpaired) electrons. The average Bonchev–Trinajstić information content (AvgIpc) is 3.58. The first-order chi connectivity index (χ1) is 18.6. The zero-order valence-corrected chi connectivity index (χ0v) is 22.5. The number of carbonyl (C=O) groups excluding carboxylic acids is 3. The summed E-state index contributed by atoms with van der Waals surface area (Å²) in [6.45, 7) is 4.33. The van der Waals surface area contributed by atoms with Gasteiger partial charge in [-0.25, -0.2) is 12.7 Å². The van der Waals surface area contributed by atoms with Crippen molar-refractivity contribution in [2.75, 3.05) is 38.7 Å². The van der Waals surface area contributed by atoms with Gasteiger partial charge in [-0.2, -0.15) is 0 Å². The molecular weight excluding hydrogens is 522 g/mol. The summed E-state index contributed by atoms with van der Waals surface area (Å²) < 4.78 is 32.4. The van der Waals surface area contributed by atoms with Crippen LogP contribution in [0, 0.1) is 0 Å². The molecule has 10 nitrogen and oxygen atoms in total. The third kappa shape index (κ3) is 3.91. The molecular formula is C28H29N3O7S. The van der Waals surface area contributed by atoms with Crippen molar-refractivity contribution in [2.24, 2.45) is 0 Å². The number of aliphatic hydroxyl groups is 1. The number of aliphatic hydroxyl groups excluding tert-OH is 1. The molecule has 1 N–H and O–H groups in total. The minimum absolute atomic E-state index is 0.0140. The van der Waals surface area contributed by atoms with Crippen molar-refractivity contribution in [1.82, 2.24) is 9.21 Å². The van der Waals surface area contributed by atoms with E-state index < -0.39 is 44.5 Å². The van der Waals surface area contributed by atoms with Crippen LogP contribution < -0.4 is 4.90 Å². The van der Waals surface area contributed by atoms with Crippen molar-refractivity contribution in [3.8, 4) is 0 Å². The van der Waals surface area contributed by atoms with Crippen LogP contribution in [0.4, 0.5) is 5.69 Å². The van der Waals surface area contributed by atoms with E-state index in [-0.39, 0.29) is 29.7 Å². The normalized spacial score (nSPS) is 24.3. The Morgan fingerprint density at radius 2 is 1.92 bits per heavy atom. The highest BCUT2D eigenvalue weighted by atomic mass is 32.2. The van der Waals surface area contributed by atoms with Gasteiger partial charge in [0.25, 0.3) is 17.6 Å². The van der Waals surface area contributed by atoms with Gasteiger partial charge >= 0.3 is 0 Å². The molecule has 2 amide bonds. The first-order valence-corrected chi connectivity index (χ1v) is 14.0. The lowest BCUT2D eigenvalue weighted by molar-refractivity contribution is -0.145. The zero-order chi connectivity index (χ0) is 28.1. The van der Waals surface area contributed by atoms with Crippen molar-refractivity contribution in [1.29, 1.82) is 0 Å². The minimum atomic E-state index is -3.88. The fourth-order valence-corrected chi connectivity index (χ4v) is 6.53. The van der Waals surface area contributed by atoms with Crippen LogP contribution in [-0.2, 0) is 34.7 Å². The molecule has 0 bridgehead atoms. The van der Waals surface area contributed by atoms with Crippen molar-refractivity contribution in [3.63, 3.8) is 0 Å². The SMILES string of the molecule is C=CCN1C(=O)C2(/C(=C(/O)c3cccc(S(=O)(=O)N(C)C)c3)C(=O)C(=O)N2CC2CCCO2)c2ccccc21. The van der Waals surface area contributed by atoms with E-state index in [1.54, 1.807) is 24.3 Å². The molecule has 2 saturated heterocycles. The summed E-state index contributed by atoms with van der Waals surface area (Å²) in [5.41, 5.74) is -1.53. The second-order valence-corrected chi connectivity index (χ2v) is 12.0. The molecule has 2 fully saturated rings. The molecule has 0 aliphatic carbocycles. The summed E-state index contributed by atoms with van der Waals surface area (Å²) in [5, 5.41) is 11.7. The molecule has 0 aromatic heterocycles. The first-order valence-electron chi connectivity index (χ1n) is 12.5. The lowest BCUT2D eigenvalue weighted by atomic mass is 9.81. The van der Waals surface area contributed by atoms with Crippen LogP contribution in [0.25, 0.3) is 5.76 Å². The Balaban J connectivity index is 1.79. The smallest absolute Gasteiger partial charge is 0.296 e. The number of sulfonamides is 1. The molecule has 2 aromatic carbocycles. The first kappa shape index (κ1) is 26.8. The van der Waals surface area contributed by atoms with Crippen molar-refractivity contribution in [3.05, 3.63) is 77.9 Å². The number of Topliss-reactive ketones (excluding diaryl/α,β-unsaturated/α-hetero) is 1. The Labute approximate surface area is 226 Å². The molecule has 11 heteroatoms. The van der Waals surface area contributed by atoms with Gasteiger partial charge in [0.2, 0.25) is 10.0 Å². The van der Waals surface area contributed by atoms with Gasteiger partial charge in [0, 0.05) is 44.9 Å². The van der Waals surface area contributed by atoms with E-state index in [2.05, 4.69) is 6.58 Å². The van der Waals surface area contributed by atoms with Crippen LogP contribution in [0.1, 0.15) is 24.0 Å². The summed E-state index contributed by atoms with van der Waals surface area (Å²) in [6.07, 6.45) is 2.58. The molecule has 0 saturated carbocycles. The lowest BCUT2D eigenvalue weighted by Crippen LogP contribution is -2.53. The maximum absolute atomic E-state index is 14.4. The van der Waals surface area contributed by atoms with Crippen LogP contribution in [0.15, 0.2) is 71.7 Å². The third-order valence-electron chi connectivity index (χ3n) is 7.42. The molecule has 5 rings (SSSR count). The van der Waals surface area contributed by atoms with E-state index >= 15 is 0 Å². The number of rotatable bonds is 7. The van der Waals surface area contributed by atoms with Crippen molar-refractivity contribution >= 4 is 39.1 Å². The number of fused-ring (bicyclic) bond motifs is 2. The molecule has 2 unspecified atom stereocenters. The number of para-hydroxylation sites is 1. The van der Waals surface area contributed by atoms with Crippen LogP contribution in [-0.4, -0.2) is 80.2 Å². The number of hydrogen-bond acceptors (Lipinski definition) is 7. The van der Waals surface area contributed by atoms with E-state index in [1.165, 1.54) is 54.2 Å².